The Morgan fingerprint density at radius 2 is 1.30 bits per heavy atom. The maximum absolute atomic E-state index is 13.0. The van der Waals surface area contributed by atoms with Gasteiger partial charge >= 0.3 is 0 Å². The van der Waals surface area contributed by atoms with Crippen molar-refractivity contribution in [1.82, 2.24) is 10.5 Å². The molecule has 0 bridgehead atoms. The van der Waals surface area contributed by atoms with Gasteiger partial charge in [-0.15, -0.1) is 0 Å². The van der Waals surface area contributed by atoms with E-state index in [2.05, 4.69) is 10.5 Å². The molecule has 1 amide bonds. The molecule has 0 saturated carbocycles. The van der Waals surface area contributed by atoms with Gasteiger partial charge in [-0.05, 0) is 11.1 Å². The van der Waals surface area contributed by atoms with Crippen LogP contribution < -0.4 is 5.32 Å². The van der Waals surface area contributed by atoms with Crippen LogP contribution in [0.5, 0.6) is 0 Å². The van der Waals surface area contributed by atoms with Gasteiger partial charge < -0.3 is 9.84 Å². The Hall–Kier alpha value is -3.66. The predicted octanol–water partition coefficient (Wildman–Crippen LogP) is 4.86. The van der Waals surface area contributed by atoms with Gasteiger partial charge in [-0.3, -0.25) is 4.79 Å². The molecule has 0 aliphatic rings. The SMILES string of the molecule is O=C(NC(c1ccccc1)c1ccccc1)c1cnoc1-c1ccccc1. The van der Waals surface area contributed by atoms with Gasteiger partial charge in [0.05, 0.1) is 12.2 Å². The molecule has 1 N–H and O–H groups in total. The molecule has 1 aromatic heterocycles. The van der Waals surface area contributed by atoms with Crippen molar-refractivity contribution < 1.29 is 9.32 Å². The van der Waals surface area contributed by atoms with Crippen molar-refractivity contribution in [3.63, 3.8) is 0 Å². The summed E-state index contributed by atoms with van der Waals surface area (Å²) in [5.41, 5.74) is 3.25. The van der Waals surface area contributed by atoms with Gasteiger partial charge in [0.1, 0.15) is 5.56 Å². The molecule has 0 radical (unpaired) electrons. The summed E-state index contributed by atoms with van der Waals surface area (Å²) in [5.74, 6) is 0.237. The number of rotatable bonds is 5. The number of benzene rings is 3. The Morgan fingerprint density at radius 1 is 0.778 bits per heavy atom. The quantitative estimate of drug-likeness (QED) is 0.557. The summed E-state index contributed by atoms with van der Waals surface area (Å²) in [6.45, 7) is 0. The van der Waals surface area contributed by atoms with Crippen LogP contribution in [0.2, 0.25) is 0 Å². The van der Waals surface area contributed by atoms with Crippen LogP contribution >= 0.6 is 0 Å². The predicted molar refractivity (Wildman–Crippen MR) is 104 cm³/mol. The first-order valence-electron chi connectivity index (χ1n) is 8.74. The number of carbonyl (C=O) groups excluding carboxylic acids is 1. The van der Waals surface area contributed by atoms with Crippen LogP contribution in [-0.4, -0.2) is 11.1 Å². The normalized spacial score (nSPS) is 10.7. The molecule has 0 fully saturated rings. The second-order valence-electron chi connectivity index (χ2n) is 6.16. The van der Waals surface area contributed by atoms with Gasteiger partial charge in [0, 0.05) is 5.56 Å². The van der Waals surface area contributed by atoms with E-state index in [4.69, 9.17) is 4.52 Å². The van der Waals surface area contributed by atoms with Gasteiger partial charge in [-0.25, -0.2) is 0 Å². The van der Waals surface area contributed by atoms with Crippen LogP contribution in [0.3, 0.4) is 0 Å². The zero-order valence-corrected chi connectivity index (χ0v) is 14.6. The van der Waals surface area contributed by atoms with E-state index in [1.807, 2.05) is 91.0 Å². The van der Waals surface area contributed by atoms with Gasteiger partial charge in [0.25, 0.3) is 5.91 Å². The molecule has 4 heteroatoms. The van der Waals surface area contributed by atoms with Gasteiger partial charge in [-0.1, -0.05) is 96.2 Å². The number of amides is 1. The summed E-state index contributed by atoms with van der Waals surface area (Å²) in [6.07, 6.45) is 1.46. The van der Waals surface area contributed by atoms with E-state index in [9.17, 15) is 4.79 Å². The summed E-state index contributed by atoms with van der Waals surface area (Å²) in [6, 6.07) is 29.0. The second kappa shape index (κ2) is 7.70. The average Bonchev–Trinajstić information content (AvgIpc) is 3.24. The zero-order chi connectivity index (χ0) is 18.5. The molecule has 132 valence electrons. The Morgan fingerprint density at radius 3 is 1.85 bits per heavy atom. The smallest absolute Gasteiger partial charge is 0.257 e. The Bertz CT molecular complexity index is 972. The summed E-state index contributed by atoms with van der Waals surface area (Å²) in [5, 5.41) is 6.96. The third-order valence-corrected chi connectivity index (χ3v) is 4.39. The summed E-state index contributed by atoms with van der Waals surface area (Å²) in [7, 11) is 0. The number of carbonyl (C=O) groups is 1. The Labute approximate surface area is 157 Å². The third-order valence-electron chi connectivity index (χ3n) is 4.39. The van der Waals surface area contributed by atoms with Crippen LogP contribution in [0.15, 0.2) is 102 Å². The highest BCUT2D eigenvalue weighted by atomic mass is 16.5. The highest BCUT2D eigenvalue weighted by molar-refractivity contribution is 5.99. The first-order valence-corrected chi connectivity index (χ1v) is 8.74. The lowest BCUT2D eigenvalue weighted by Crippen LogP contribution is -2.29. The summed E-state index contributed by atoms with van der Waals surface area (Å²) < 4.78 is 5.35. The van der Waals surface area contributed by atoms with Crippen LogP contribution in [0, 0.1) is 0 Å². The molecular weight excluding hydrogens is 336 g/mol. The Kier molecular flexibility index (Phi) is 4.79. The van der Waals surface area contributed by atoms with Crippen molar-refractivity contribution >= 4 is 5.91 Å². The van der Waals surface area contributed by atoms with Crippen LogP contribution in [0.1, 0.15) is 27.5 Å². The van der Waals surface area contributed by atoms with Crippen molar-refractivity contribution in [2.75, 3.05) is 0 Å². The van der Waals surface area contributed by atoms with Crippen molar-refractivity contribution in [3.05, 3.63) is 114 Å². The second-order valence-corrected chi connectivity index (χ2v) is 6.16. The van der Waals surface area contributed by atoms with E-state index in [1.165, 1.54) is 6.20 Å². The highest BCUT2D eigenvalue weighted by Crippen LogP contribution is 2.26. The zero-order valence-electron chi connectivity index (χ0n) is 14.6. The largest absolute Gasteiger partial charge is 0.355 e. The fourth-order valence-electron chi connectivity index (χ4n) is 3.06. The fraction of sp³-hybridized carbons (Fsp3) is 0.0435. The molecule has 0 saturated heterocycles. The van der Waals surface area contributed by atoms with Crippen molar-refractivity contribution in [1.29, 1.82) is 0 Å². The summed E-state index contributed by atoms with van der Waals surface area (Å²) in [4.78, 5) is 13.0. The molecule has 0 aliphatic carbocycles. The van der Waals surface area contributed by atoms with Gasteiger partial charge in [0.2, 0.25) is 0 Å². The maximum Gasteiger partial charge on any atom is 0.257 e. The number of nitrogens with one attached hydrogen (secondary N) is 1. The molecule has 27 heavy (non-hydrogen) atoms. The van der Waals surface area contributed by atoms with Crippen molar-refractivity contribution in [2.24, 2.45) is 0 Å². The van der Waals surface area contributed by atoms with E-state index in [1.54, 1.807) is 0 Å². The maximum atomic E-state index is 13.0. The van der Waals surface area contributed by atoms with Crippen LogP contribution in [-0.2, 0) is 0 Å². The molecule has 1 heterocycles. The van der Waals surface area contributed by atoms with Crippen molar-refractivity contribution in [2.45, 2.75) is 6.04 Å². The van der Waals surface area contributed by atoms with Gasteiger partial charge in [0.15, 0.2) is 5.76 Å². The van der Waals surface area contributed by atoms with E-state index < -0.39 is 0 Å². The molecule has 0 atom stereocenters. The summed E-state index contributed by atoms with van der Waals surface area (Å²) >= 11 is 0. The molecule has 0 aliphatic heterocycles. The average molecular weight is 354 g/mol. The fourth-order valence-corrected chi connectivity index (χ4v) is 3.06. The van der Waals surface area contributed by atoms with E-state index >= 15 is 0 Å². The molecule has 0 unspecified atom stereocenters. The molecule has 4 nitrogen and oxygen atoms in total. The standard InChI is InChI=1S/C23H18N2O2/c26-23(20-16-24-27-22(20)19-14-8-3-9-15-19)25-21(17-10-4-1-5-11-17)18-12-6-2-7-13-18/h1-16,21H,(H,25,26). The number of nitrogens with zero attached hydrogens (tertiary/aromatic N) is 1. The van der Waals surface area contributed by atoms with Crippen LogP contribution in [0.25, 0.3) is 11.3 Å². The third kappa shape index (κ3) is 3.65. The Balaban J connectivity index is 1.67. The van der Waals surface area contributed by atoms with E-state index in [-0.39, 0.29) is 11.9 Å². The first kappa shape index (κ1) is 16.8. The minimum atomic E-state index is -0.265. The van der Waals surface area contributed by atoms with Crippen LogP contribution in [0.4, 0.5) is 0 Å². The number of hydrogen-bond donors (Lipinski definition) is 1. The lowest BCUT2D eigenvalue weighted by Gasteiger charge is -2.19. The molecule has 4 aromatic rings. The highest BCUT2D eigenvalue weighted by Gasteiger charge is 2.22. The lowest BCUT2D eigenvalue weighted by molar-refractivity contribution is 0.0943. The molecule has 0 spiro atoms. The lowest BCUT2D eigenvalue weighted by atomic mass is 9.98. The molecular formula is C23H18N2O2. The minimum absolute atomic E-state index is 0.229. The molecule has 3 aromatic carbocycles. The number of hydrogen-bond acceptors (Lipinski definition) is 3. The van der Waals surface area contributed by atoms with Gasteiger partial charge in [-0.2, -0.15) is 0 Å². The topological polar surface area (TPSA) is 55.1 Å². The van der Waals surface area contributed by atoms with E-state index in [0.29, 0.717) is 11.3 Å². The minimum Gasteiger partial charge on any atom is -0.355 e. The molecule has 4 rings (SSSR count). The van der Waals surface area contributed by atoms with Crippen molar-refractivity contribution in [3.8, 4) is 11.3 Å². The first-order chi connectivity index (χ1) is 13.3. The number of aromatic nitrogens is 1. The monoisotopic (exact) mass is 354 g/mol. The van der Waals surface area contributed by atoms with E-state index in [0.717, 1.165) is 16.7 Å².